The van der Waals surface area contributed by atoms with E-state index in [9.17, 15) is 4.79 Å². The fourth-order valence-corrected chi connectivity index (χ4v) is 0.954. The monoisotopic (exact) mass is 184 g/mol. The molecule has 0 fully saturated rings. The Bertz CT molecular complexity index is 192. The molecule has 0 spiro atoms. The van der Waals surface area contributed by atoms with Gasteiger partial charge in [-0.15, -0.1) is 6.58 Å². The quantitative estimate of drug-likeness (QED) is 0.485. The maximum atomic E-state index is 11.4. The average molecular weight is 184 g/mol. The second-order valence-corrected chi connectivity index (χ2v) is 4.06. The molecule has 2 nitrogen and oxygen atoms in total. The van der Waals surface area contributed by atoms with E-state index < -0.39 is 0 Å². The van der Waals surface area contributed by atoms with Gasteiger partial charge in [0.05, 0.1) is 12.0 Å². The van der Waals surface area contributed by atoms with Gasteiger partial charge >= 0.3 is 5.97 Å². The van der Waals surface area contributed by atoms with Crippen molar-refractivity contribution < 1.29 is 9.53 Å². The zero-order valence-electron chi connectivity index (χ0n) is 9.14. The van der Waals surface area contributed by atoms with Crippen molar-refractivity contribution in [3.8, 4) is 0 Å². The molecule has 0 aliphatic rings. The minimum absolute atomic E-state index is 0.115. The highest BCUT2D eigenvalue weighted by Gasteiger charge is 2.28. The van der Waals surface area contributed by atoms with Gasteiger partial charge in [0.2, 0.25) is 0 Å². The molecule has 0 saturated heterocycles. The summed E-state index contributed by atoms with van der Waals surface area (Å²) in [6, 6.07) is 0. The van der Waals surface area contributed by atoms with E-state index in [1.165, 1.54) is 0 Å². The number of allylic oxidation sites excluding steroid dienone is 1. The third-order valence-corrected chi connectivity index (χ3v) is 2.00. The SMILES string of the molecule is C=C(C)CCC(C)(C)C(=O)OCC. The Morgan fingerprint density at radius 3 is 2.38 bits per heavy atom. The van der Waals surface area contributed by atoms with Crippen molar-refractivity contribution in [3.05, 3.63) is 12.2 Å². The fraction of sp³-hybridized carbons (Fsp3) is 0.727. The lowest BCUT2D eigenvalue weighted by molar-refractivity contribution is -0.153. The maximum Gasteiger partial charge on any atom is 0.311 e. The Labute approximate surface area is 81.0 Å². The van der Waals surface area contributed by atoms with E-state index in [-0.39, 0.29) is 11.4 Å². The first kappa shape index (κ1) is 12.2. The predicted octanol–water partition coefficient (Wildman–Crippen LogP) is 2.93. The lowest BCUT2D eigenvalue weighted by atomic mass is 9.87. The van der Waals surface area contributed by atoms with Crippen molar-refractivity contribution in [1.82, 2.24) is 0 Å². The van der Waals surface area contributed by atoms with E-state index >= 15 is 0 Å². The van der Waals surface area contributed by atoms with E-state index in [1.54, 1.807) is 0 Å². The number of carbonyl (C=O) groups is 1. The van der Waals surface area contributed by atoms with Crippen LogP contribution in [0.15, 0.2) is 12.2 Å². The van der Waals surface area contributed by atoms with E-state index in [2.05, 4.69) is 6.58 Å². The van der Waals surface area contributed by atoms with Crippen LogP contribution in [-0.2, 0) is 9.53 Å². The molecule has 0 radical (unpaired) electrons. The zero-order valence-corrected chi connectivity index (χ0v) is 9.14. The highest BCUT2D eigenvalue weighted by molar-refractivity contribution is 5.75. The van der Waals surface area contributed by atoms with Gasteiger partial charge in [0.25, 0.3) is 0 Å². The minimum atomic E-state index is -0.380. The molecule has 0 aromatic heterocycles. The van der Waals surface area contributed by atoms with Gasteiger partial charge in [-0.25, -0.2) is 0 Å². The van der Waals surface area contributed by atoms with Crippen molar-refractivity contribution in [1.29, 1.82) is 0 Å². The van der Waals surface area contributed by atoms with Crippen LogP contribution in [0.1, 0.15) is 40.5 Å². The fourth-order valence-electron chi connectivity index (χ4n) is 0.954. The van der Waals surface area contributed by atoms with Gasteiger partial charge in [0.1, 0.15) is 0 Å². The van der Waals surface area contributed by atoms with Gasteiger partial charge in [-0.05, 0) is 40.5 Å². The molecular formula is C11H20O2. The van der Waals surface area contributed by atoms with Crippen LogP contribution in [0.5, 0.6) is 0 Å². The summed E-state index contributed by atoms with van der Waals surface area (Å²) in [5, 5.41) is 0. The molecule has 2 heteroatoms. The Morgan fingerprint density at radius 1 is 1.46 bits per heavy atom. The third kappa shape index (κ3) is 4.71. The Kier molecular flexibility index (Phi) is 4.74. The molecule has 0 aromatic carbocycles. The molecule has 0 bridgehead atoms. The molecule has 0 aromatic rings. The van der Waals surface area contributed by atoms with Gasteiger partial charge in [0, 0.05) is 0 Å². The summed E-state index contributed by atoms with van der Waals surface area (Å²) in [5.41, 5.74) is 0.729. The van der Waals surface area contributed by atoms with E-state index in [4.69, 9.17) is 4.74 Å². The Morgan fingerprint density at radius 2 is 2.00 bits per heavy atom. The van der Waals surface area contributed by atoms with Crippen LogP contribution in [0.4, 0.5) is 0 Å². The highest BCUT2D eigenvalue weighted by atomic mass is 16.5. The highest BCUT2D eigenvalue weighted by Crippen LogP contribution is 2.25. The molecule has 0 N–H and O–H groups in total. The Balaban J connectivity index is 4.05. The summed E-state index contributed by atoms with van der Waals surface area (Å²) in [6.45, 7) is 11.9. The van der Waals surface area contributed by atoms with E-state index in [0.29, 0.717) is 6.61 Å². The van der Waals surface area contributed by atoms with Crippen LogP contribution >= 0.6 is 0 Å². The standard InChI is InChI=1S/C11H20O2/c1-6-13-10(12)11(4,5)8-7-9(2)3/h2,6-8H2,1,3-5H3. The molecule has 76 valence electrons. The number of hydrogen-bond donors (Lipinski definition) is 0. The summed E-state index contributed by atoms with van der Waals surface area (Å²) in [4.78, 5) is 11.4. The molecule has 0 unspecified atom stereocenters. The second-order valence-electron chi connectivity index (χ2n) is 4.06. The van der Waals surface area contributed by atoms with Crippen LogP contribution < -0.4 is 0 Å². The molecule has 0 rings (SSSR count). The molecule has 0 amide bonds. The number of hydrogen-bond acceptors (Lipinski definition) is 2. The molecule has 0 aliphatic carbocycles. The van der Waals surface area contributed by atoms with Gasteiger partial charge in [-0.1, -0.05) is 5.57 Å². The lowest BCUT2D eigenvalue weighted by Gasteiger charge is -2.21. The van der Waals surface area contributed by atoms with Gasteiger partial charge in [-0.2, -0.15) is 0 Å². The first-order valence-corrected chi connectivity index (χ1v) is 4.71. The molecule has 0 atom stereocenters. The third-order valence-electron chi connectivity index (χ3n) is 2.00. The summed E-state index contributed by atoms with van der Waals surface area (Å²) in [5.74, 6) is -0.115. The van der Waals surface area contributed by atoms with Crippen LogP contribution in [-0.4, -0.2) is 12.6 Å². The minimum Gasteiger partial charge on any atom is -0.466 e. The number of esters is 1. The van der Waals surface area contributed by atoms with Crippen molar-refractivity contribution in [2.75, 3.05) is 6.61 Å². The molecule has 0 saturated carbocycles. The molecular weight excluding hydrogens is 164 g/mol. The van der Waals surface area contributed by atoms with Gasteiger partial charge < -0.3 is 4.74 Å². The van der Waals surface area contributed by atoms with E-state index in [0.717, 1.165) is 18.4 Å². The first-order valence-electron chi connectivity index (χ1n) is 4.71. The average Bonchev–Trinajstić information content (AvgIpc) is 2.01. The zero-order chi connectivity index (χ0) is 10.5. The normalized spacial score (nSPS) is 11.1. The van der Waals surface area contributed by atoms with Crippen molar-refractivity contribution in [3.63, 3.8) is 0 Å². The van der Waals surface area contributed by atoms with Gasteiger partial charge in [0.15, 0.2) is 0 Å². The summed E-state index contributed by atoms with van der Waals surface area (Å²) in [6.07, 6.45) is 1.69. The number of rotatable bonds is 5. The predicted molar refractivity (Wildman–Crippen MR) is 54.5 cm³/mol. The van der Waals surface area contributed by atoms with Crippen LogP contribution in [0.3, 0.4) is 0 Å². The Hall–Kier alpha value is -0.790. The topological polar surface area (TPSA) is 26.3 Å². The summed E-state index contributed by atoms with van der Waals surface area (Å²) < 4.78 is 4.97. The largest absolute Gasteiger partial charge is 0.466 e. The van der Waals surface area contributed by atoms with Crippen LogP contribution in [0.25, 0.3) is 0 Å². The maximum absolute atomic E-state index is 11.4. The van der Waals surface area contributed by atoms with E-state index in [1.807, 2.05) is 27.7 Å². The van der Waals surface area contributed by atoms with Crippen molar-refractivity contribution in [2.45, 2.75) is 40.5 Å². The van der Waals surface area contributed by atoms with Crippen molar-refractivity contribution >= 4 is 5.97 Å². The second kappa shape index (κ2) is 5.05. The smallest absolute Gasteiger partial charge is 0.311 e. The van der Waals surface area contributed by atoms with Crippen molar-refractivity contribution in [2.24, 2.45) is 5.41 Å². The number of carbonyl (C=O) groups excluding carboxylic acids is 1. The van der Waals surface area contributed by atoms with Crippen LogP contribution in [0.2, 0.25) is 0 Å². The first-order chi connectivity index (χ1) is 5.90. The molecule has 0 aliphatic heterocycles. The lowest BCUT2D eigenvalue weighted by Crippen LogP contribution is -2.26. The molecule has 0 heterocycles. The van der Waals surface area contributed by atoms with Gasteiger partial charge in [-0.3, -0.25) is 4.79 Å². The number of ether oxygens (including phenoxy) is 1. The summed E-state index contributed by atoms with van der Waals surface area (Å²) >= 11 is 0. The molecule has 13 heavy (non-hydrogen) atoms. The van der Waals surface area contributed by atoms with Crippen LogP contribution in [0, 0.1) is 5.41 Å². The summed E-state index contributed by atoms with van der Waals surface area (Å²) in [7, 11) is 0.